The molecular weight excluding hydrogens is 282 g/mol. The number of nitrogens with one attached hydrogen (secondary N) is 2. The van der Waals surface area contributed by atoms with Crippen LogP contribution in [-0.2, 0) is 11.2 Å². The van der Waals surface area contributed by atoms with Crippen molar-refractivity contribution in [2.45, 2.75) is 6.42 Å². The first-order valence-corrected chi connectivity index (χ1v) is 6.67. The van der Waals surface area contributed by atoms with Crippen LogP contribution in [0.5, 0.6) is 0 Å². The van der Waals surface area contributed by atoms with Gasteiger partial charge in [-0.1, -0.05) is 24.3 Å². The van der Waals surface area contributed by atoms with Crippen molar-refractivity contribution in [1.82, 2.24) is 9.97 Å². The number of carboxylic acids is 1. The molecule has 0 saturated heterocycles. The molecule has 0 aliphatic rings. The topological polar surface area (TPSA) is 97.9 Å². The van der Waals surface area contributed by atoms with E-state index in [4.69, 9.17) is 0 Å². The van der Waals surface area contributed by atoms with Crippen molar-refractivity contribution < 1.29 is 14.7 Å². The Kier molecular flexibility index (Phi) is 3.57. The molecule has 0 bridgehead atoms. The van der Waals surface area contributed by atoms with Gasteiger partial charge in [-0.3, -0.25) is 4.79 Å². The first-order chi connectivity index (χ1) is 10.6. The molecular formula is C16H12N3O3-. The molecule has 0 unspecified atom stereocenters. The Labute approximate surface area is 125 Å². The summed E-state index contributed by atoms with van der Waals surface area (Å²) < 4.78 is 0. The molecule has 0 radical (unpaired) electrons. The van der Waals surface area contributed by atoms with Gasteiger partial charge in [0.2, 0.25) is 5.91 Å². The number of aromatic amines is 1. The molecule has 6 nitrogen and oxygen atoms in total. The molecule has 1 aromatic carbocycles. The van der Waals surface area contributed by atoms with Gasteiger partial charge >= 0.3 is 0 Å². The smallest absolute Gasteiger partial charge is 0.230 e. The van der Waals surface area contributed by atoms with E-state index in [0.29, 0.717) is 22.3 Å². The number of rotatable bonds is 4. The highest BCUT2D eigenvalue weighted by molar-refractivity contribution is 6.01. The number of benzene rings is 1. The van der Waals surface area contributed by atoms with E-state index >= 15 is 0 Å². The van der Waals surface area contributed by atoms with E-state index in [1.165, 1.54) is 0 Å². The summed E-state index contributed by atoms with van der Waals surface area (Å²) in [6.07, 6.45) is 1.48. The first kappa shape index (κ1) is 13.8. The summed E-state index contributed by atoms with van der Waals surface area (Å²) in [5.74, 6) is -1.26. The summed E-state index contributed by atoms with van der Waals surface area (Å²) in [4.78, 5) is 30.1. The average molecular weight is 294 g/mol. The van der Waals surface area contributed by atoms with E-state index in [-0.39, 0.29) is 18.0 Å². The van der Waals surface area contributed by atoms with Gasteiger partial charge in [0.05, 0.1) is 18.1 Å². The fourth-order valence-electron chi connectivity index (χ4n) is 2.34. The standard InChI is InChI=1S/C16H13N3O3/c20-14(19-13-7-3-4-8-17-13)9-11-10-5-1-2-6-12(10)18-15(11)16(21)22/h1-8,18H,9H2,(H,21,22)(H,17,19,20)/p-1. The molecule has 2 N–H and O–H groups in total. The number of hydrogen-bond donors (Lipinski definition) is 2. The number of carbonyl (C=O) groups excluding carboxylic acids is 2. The van der Waals surface area contributed by atoms with Crippen LogP contribution in [0.3, 0.4) is 0 Å². The molecule has 0 atom stereocenters. The van der Waals surface area contributed by atoms with E-state index in [1.54, 1.807) is 48.7 Å². The van der Waals surface area contributed by atoms with Crippen LogP contribution in [0.1, 0.15) is 16.1 Å². The molecule has 1 amide bonds. The van der Waals surface area contributed by atoms with Gasteiger partial charge in [-0.25, -0.2) is 4.98 Å². The maximum atomic E-state index is 12.1. The van der Waals surface area contributed by atoms with Gasteiger partial charge in [0, 0.05) is 17.1 Å². The number of aromatic carboxylic acids is 1. The Morgan fingerprint density at radius 3 is 2.64 bits per heavy atom. The van der Waals surface area contributed by atoms with Gasteiger partial charge in [-0.05, 0) is 23.8 Å². The van der Waals surface area contributed by atoms with Crippen molar-refractivity contribution in [2.24, 2.45) is 0 Å². The van der Waals surface area contributed by atoms with Crippen molar-refractivity contribution in [3.63, 3.8) is 0 Å². The molecule has 0 fully saturated rings. The predicted molar refractivity (Wildman–Crippen MR) is 79.2 cm³/mol. The quantitative estimate of drug-likeness (QED) is 0.753. The molecule has 2 aromatic heterocycles. The number of anilines is 1. The molecule has 110 valence electrons. The number of nitrogens with zero attached hydrogens (tertiary/aromatic N) is 1. The third-order valence-corrected chi connectivity index (χ3v) is 3.29. The summed E-state index contributed by atoms with van der Waals surface area (Å²) in [6.45, 7) is 0. The molecule has 0 saturated carbocycles. The molecule has 3 aromatic rings. The van der Waals surface area contributed by atoms with Crippen LogP contribution in [0.2, 0.25) is 0 Å². The Balaban J connectivity index is 1.91. The van der Waals surface area contributed by atoms with Crippen LogP contribution < -0.4 is 10.4 Å². The highest BCUT2D eigenvalue weighted by Gasteiger charge is 2.15. The number of H-pyrrole nitrogens is 1. The van der Waals surface area contributed by atoms with Crippen LogP contribution in [0.4, 0.5) is 5.82 Å². The fraction of sp³-hybridized carbons (Fsp3) is 0.0625. The summed E-state index contributed by atoms with van der Waals surface area (Å²) >= 11 is 0. The lowest BCUT2D eigenvalue weighted by Gasteiger charge is -2.06. The number of carbonyl (C=O) groups is 2. The zero-order chi connectivity index (χ0) is 15.5. The number of aromatic nitrogens is 2. The lowest BCUT2D eigenvalue weighted by Crippen LogP contribution is -2.25. The minimum absolute atomic E-state index is 0.0719. The number of amides is 1. The minimum atomic E-state index is -1.34. The fourth-order valence-corrected chi connectivity index (χ4v) is 2.34. The van der Waals surface area contributed by atoms with Gasteiger partial charge in [0.25, 0.3) is 0 Å². The Hall–Kier alpha value is -3.15. The van der Waals surface area contributed by atoms with Crippen LogP contribution in [0.25, 0.3) is 10.9 Å². The van der Waals surface area contributed by atoms with Crippen molar-refractivity contribution >= 4 is 28.6 Å². The third-order valence-electron chi connectivity index (χ3n) is 3.29. The van der Waals surface area contributed by atoms with E-state index in [0.717, 1.165) is 0 Å². The molecule has 22 heavy (non-hydrogen) atoms. The maximum absolute atomic E-state index is 12.1. The number of para-hydroxylation sites is 1. The average Bonchev–Trinajstić information content (AvgIpc) is 2.87. The monoisotopic (exact) mass is 294 g/mol. The van der Waals surface area contributed by atoms with E-state index < -0.39 is 5.97 Å². The highest BCUT2D eigenvalue weighted by atomic mass is 16.4. The summed E-state index contributed by atoms with van der Waals surface area (Å²) in [6, 6.07) is 12.2. The third kappa shape index (κ3) is 2.67. The Morgan fingerprint density at radius 1 is 1.14 bits per heavy atom. The van der Waals surface area contributed by atoms with Gasteiger partial charge in [-0.2, -0.15) is 0 Å². The molecule has 0 aliphatic heterocycles. The first-order valence-electron chi connectivity index (χ1n) is 6.67. The predicted octanol–water partition coefficient (Wildman–Crippen LogP) is 1.11. The summed E-state index contributed by atoms with van der Waals surface area (Å²) in [5, 5.41) is 14.6. The van der Waals surface area contributed by atoms with Gasteiger partial charge in [0.15, 0.2) is 0 Å². The van der Waals surface area contributed by atoms with E-state index in [9.17, 15) is 14.7 Å². The van der Waals surface area contributed by atoms with Crippen LogP contribution in [0.15, 0.2) is 48.7 Å². The highest BCUT2D eigenvalue weighted by Crippen LogP contribution is 2.23. The van der Waals surface area contributed by atoms with Crippen LogP contribution in [-0.4, -0.2) is 21.8 Å². The SMILES string of the molecule is O=C(Cc1c(C(=O)[O-])[nH]c2ccccc12)Nc1ccccn1. The lowest BCUT2D eigenvalue weighted by molar-refractivity contribution is -0.255. The van der Waals surface area contributed by atoms with E-state index in [1.807, 2.05) is 0 Å². The Morgan fingerprint density at radius 2 is 1.91 bits per heavy atom. The van der Waals surface area contributed by atoms with Crippen LogP contribution in [0, 0.1) is 0 Å². The number of fused-ring (bicyclic) bond motifs is 1. The van der Waals surface area contributed by atoms with Crippen LogP contribution >= 0.6 is 0 Å². The summed E-state index contributed by atoms with van der Waals surface area (Å²) in [7, 11) is 0. The second-order valence-corrected chi connectivity index (χ2v) is 4.75. The lowest BCUT2D eigenvalue weighted by atomic mass is 10.1. The van der Waals surface area contributed by atoms with Crippen molar-refractivity contribution in [3.8, 4) is 0 Å². The Bertz CT molecular complexity index is 840. The normalized spacial score (nSPS) is 10.5. The van der Waals surface area contributed by atoms with Crippen molar-refractivity contribution in [3.05, 3.63) is 59.9 Å². The van der Waals surface area contributed by atoms with Crippen molar-refractivity contribution in [2.75, 3.05) is 5.32 Å². The number of pyridine rings is 1. The largest absolute Gasteiger partial charge is 0.543 e. The zero-order valence-electron chi connectivity index (χ0n) is 11.5. The summed E-state index contributed by atoms with van der Waals surface area (Å²) in [5.41, 5.74) is 0.990. The minimum Gasteiger partial charge on any atom is -0.543 e. The van der Waals surface area contributed by atoms with E-state index in [2.05, 4.69) is 15.3 Å². The van der Waals surface area contributed by atoms with Crippen molar-refractivity contribution in [1.29, 1.82) is 0 Å². The van der Waals surface area contributed by atoms with Gasteiger partial charge < -0.3 is 20.2 Å². The molecule has 6 heteroatoms. The van der Waals surface area contributed by atoms with Gasteiger partial charge in [-0.15, -0.1) is 0 Å². The molecule has 0 aliphatic carbocycles. The second-order valence-electron chi connectivity index (χ2n) is 4.75. The van der Waals surface area contributed by atoms with Gasteiger partial charge in [0.1, 0.15) is 5.82 Å². The number of hydrogen-bond acceptors (Lipinski definition) is 4. The number of carboxylic acid groups (broad SMARTS) is 1. The maximum Gasteiger partial charge on any atom is 0.230 e. The second kappa shape index (κ2) is 5.69. The molecule has 2 heterocycles. The molecule has 0 spiro atoms. The zero-order valence-corrected chi connectivity index (χ0v) is 11.5. The molecule has 3 rings (SSSR count).